The van der Waals surface area contributed by atoms with E-state index >= 15 is 0 Å². The molecule has 0 radical (unpaired) electrons. The minimum absolute atomic E-state index is 0.0774. The van der Waals surface area contributed by atoms with Crippen LogP contribution < -0.4 is 5.23 Å². The van der Waals surface area contributed by atoms with Crippen molar-refractivity contribution in [1.29, 1.82) is 0 Å². The van der Waals surface area contributed by atoms with Crippen LogP contribution in [0.25, 0.3) is 11.4 Å². The normalized spacial score (nSPS) is 24.9. The van der Waals surface area contributed by atoms with Gasteiger partial charge in [0.15, 0.2) is 0 Å². The van der Waals surface area contributed by atoms with Crippen LogP contribution in [0.3, 0.4) is 0 Å². The second-order valence-corrected chi connectivity index (χ2v) is 7.17. The minimum Gasteiger partial charge on any atom is -0.733 e. The SMILES string of the molecule is [O-]N(O)c1cccc(-c2noc([C@@H]3C[C@@H](O)CN3C3CCCCC3)n2)c1. The molecule has 1 saturated heterocycles. The number of aliphatic hydroxyl groups is 1. The topological polar surface area (TPSA) is 109 Å². The molecule has 2 heterocycles. The number of hydrogen-bond donors (Lipinski definition) is 2. The van der Waals surface area contributed by atoms with Crippen molar-refractivity contribution >= 4 is 5.69 Å². The smallest absolute Gasteiger partial charge is 0.244 e. The van der Waals surface area contributed by atoms with E-state index in [4.69, 9.17) is 9.73 Å². The highest BCUT2D eigenvalue weighted by molar-refractivity contribution is 5.62. The highest BCUT2D eigenvalue weighted by Gasteiger charge is 2.39. The molecule has 1 saturated carbocycles. The molecule has 0 unspecified atom stereocenters. The van der Waals surface area contributed by atoms with Gasteiger partial charge in [0.05, 0.1) is 17.8 Å². The van der Waals surface area contributed by atoms with Gasteiger partial charge in [0, 0.05) is 18.2 Å². The van der Waals surface area contributed by atoms with Gasteiger partial charge in [-0.25, -0.2) is 0 Å². The Morgan fingerprint density at radius 1 is 1.23 bits per heavy atom. The molecule has 2 N–H and O–H groups in total. The summed E-state index contributed by atoms with van der Waals surface area (Å²) < 4.78 is 5.50. The zero-order valence-corrected chi connectivity index (χ0v) is 14.5. The largest absolute Gasteiger partial charge is 0.733 e. The predicted octanol–water partition coefficient (Wildman–Crippen LogP) is 2.87. The summed E-state index contributed by atoms with van der Waals surface area (Å²) in [5.41, 5.74) is 0.698. The number of aliphatic hydroxyl groups excluding tert-OH is 1. The monoisotopic (exact) mass is 359 g/mol. The highest BCUT2D eigenvalue weighted by atomic mass is 16.8. The van der Waals surface area contributed by atoms with E-state index in [0.29, 0.717) is 36.3 Å². The summed E-state index contributed by atoms with van der Waals surface area (Å²) in [6.07, 6.45) is 6.20. The van der Waals surface area contributed by atoms with Gasteiger partial charge < -0.3 is 20.1 Å². The molecule has 1 aliphatic heterocycles. The number of nitrogens with zero attached hydrogens (tertiary/aromatic N) is 4. The fourth-order valence-corrected chi connectivity index (χ4v) is 4.15. The summed E-state index contributed by atoms with van der Waals surface area (Å²) in [4.78, 5) is 6.82. The molecule has 2 aromatic rings. The van der Waals surface area contributed by atoms with Crippen LogP contribution in [-0.2, 0) is 0 Å². The number of aromatic nitrogens is 2. The molecule has 2 aliphatic rings. The Bertz CT molecular complexity index is 744. The number of likely N-dealkylation sites (tertiary alicyclic amines) is 1. The van der Waals surface area contributed by atoms with Gasteiger partial charge >= 0.3 is 0 Å². The fourth-order valence-electron chi connectivity index (χ4n) is 4.15. The Morgan fingerprint density at radius 3 is 2.81 bits per heavy atom. The van der Waals surface area contributed by atoms with Crippen LogP contribution in [0.1, 0.15) is 50.5 Å². The molecule has 0 amide bonds. The number of rotatable bonds is 4. The molecule has 1 aliphatic carbocycles. The molecule has 1 aromatic heterocycles. The summed E-state index contributed by atoms with van der Waals surface area (Å²) in [5.74, 6) is 0.865. The molecule has 0 spiro atoms. The predicted molar refractivity (Wildman–Crippen MR) is 94.3 cm³/mol. The van der Waals surface area contributed by atoms with Crippen molar-refractivity contribution in [3.05, 3.63) is 35.4 Å². The number of β-amino-alcohol motifs (C(OH)–C–C–N with tert-alkyl or cyclic N) is 1. The lowest BCUT2D eigenvalue weighted by molar-refractivity contribution is 0.110. The lowest BCUT2D eigenvalue weighted by atomic mass is 9.94. The number of anilines is 1. The Morgan fingerprint density at radius 2 is 2.04 bits per heavy atom. The van der Waals surface area contributed by atoms with Crippen molar-refractivity contribution in [3.8, 4) is 11.4 Å². The number of hydrogen-bond acceptors (Lipinski definition) is 8. The van der Waals surface area contributed by atoms with Gasteiger partial charge in [-0.15, -0.1) is 0 Å². The third kappa shape index (κ3) is 3.45. The van der Waals surface area contributed by atoms with Crippen molar-refractivity contribution in [1.82, 2.24) is 15.0 Å². The first-order valence-corrected chi connectivity index (χ1v) is 9.16. The Balaban J connectivity index is 1.57. The fraction of sp³-hybridized carbons (Fsp3) is 0.556. The third-order valence-corrected chi connectivity index (χ3v) is 5.41. The quantitative estimate of drug-likeness (QED) is 0.802. The molecule has 140 valence electrons. The summed E-state index contributed by atoms with van der Waals surface area (Å²) in [6, 6.07) is 6.78. The van der Waals surface area contributed by atoms with Gasteiger partial charge in [0.25, 0.3) is 0 Å². The molecule has 26 heavy (non-hydrogen) atoms. The van der Waals surface area contributed by atoms with Crippen LogP contribution in [-0.4, -0.2) is 44.0 Å². The van der Waals surface area contributed by atoms with Crippen LogP contribution in [0.15, 0.2) is 28.8 Å². The van der Waals surface area contributed by atoms with E-state index < -0.39 is 0 Å². The first-order chi connectivity index (χ1) is 12.6. The lowest BCUT2D eigenvalue weighted by Gasteiger charge is -2.33. The summed E-state index contributed by atoms with van der Waals surface area (Å²) in [6.45, 7) is 0.637. The molecular formula is C18H23N4O4-. The molecule has 4 rings (SSSR count). The van der Waals surface area contributed by atoms with Crippen molar-refractivity contribution in [2.24, 2.45) is 0 Å². The third-order valence-electron chi connectivity index (χ3n) is 5.41. The maximum Gasteiger partial charge on any atom is 0.244 e. The molecule has 0 bridgehead atoms. The van der Waals surface area contributed by atoms with Gasteiger partial charge in [0.1, 0.15) is 0 Å². The first kappa shape index (κ1) is 17.4. The zero-order chi connectivity index (χ0) is 18.1. The van der Waals surface area contributed by atoms with Crippen molar-refractivity contribution in [2.75, 3.05) is 11.8 Å². The molecule has 2 fully saturated rings. The van der Waals surface area contributed by atoms with Crippen molar-refractivity contribution in [2.45, 2.75) is 56.7 Å². The maximum atomic E-state index is 11.1. The van der Waals surface area contributed by atoms with Crippen molar-refractivity contribution < 1.29 is 14.8 Å². The van der Waals surface area contributed by atoms with E-state index in [0.717, 1.165) is 12.8 Å². The summed E-state index contributed by atoms with van der Waals surface area (Å²) in [5, 5.41) is 34.2. The van der Waals surface area contributed by atoms with E-state index in [2.05, 4.69) is 15.0 Å². The Kier molecular flexibility index (Phi) is 4.90. The van der Waals surface area contributed by atoms with Gasteiger partial charge in [-0.2, -0.15) is 4.98 Å². The van der Waals surface area contributed by atoms with Gasteiger partial charge in [0.2, 0.25) is 11.7 Å². The molecule has 8 heteroatoms. The standard InChI is InChI=1S/C18H23N4O4/c23-15-10-16(21(11-15)13-6-2-1-3-7-13)18-19-17(20-26-18)12-5-4-8-14(9-12)22(24)25/h4-5,8-9,13,15-16,23-24H,1-3,6-7,10-11H2/q-1/t15-,16+/m1/s1. The molecular weight excluding hydrogens is 336 g/mol. The summed E-state index contributed by atoms with van der Waals surface area (Å²) in [7, 11) is 0. The Hall–Kier alpha value is -2.00. The van der Waals surface area contributed by atoms with Gasteiger partial charge in [-0.05, 0) is 31.4 Å². The number of benzene rings is 1. The van der Waals surface area contributed by atoms with Crippen LogP contribution in [0.4, 0.5) is 5.69 Å². The van der Waals surface area contributed by atoms with Gasteiger partial charge in [-0.1, -0.05) is 36.6 Å². The van der Waals surface area contributed by atoms with Gasteiger partial charge in [-0.3, -0.25) is 10.1 Å². The molecule has 2 atom stereocenters. The zero-order valence-electron chi connectivity index (χ0n) is 14.5. The van der Waals surface area contributed by atoms with Crippen LogP contribution >= 0.6 is 0 Å². The average Bonchev–Trinajstić information content (AvgIpc) is 3.29. The first-order valence-electron chi connectivity index (χ1n) is 9.16. The van der Waals surface area contributed by atoms with Crippen LogP contribution in [0, 0.1) is 5.21 Å². The van der Waals surface area contributed by atoms with E-state index in [1.165, 1.54) is 31.4 Å². The molecule has 8 nitrogen and oxygen atoms in total. The van der Waals surface area contributed by atoms with E-state index in [-0.39, 0.29) is 23.1 Å². The summed E-state index contributed by atoms with van der Waals surface area (Å²) >= 11 is 0. The second-order valence-electron chi connectivity index (χ2n) is 7.17. The van der Waals surface area contributed by atoms with E-state index in [1.807, 2.05) is 0 Å². The Labute approximate surface area is 151 Å². The second kappa shape index (κ2) is 7.32. The molecule has 1 aromatic carbocycles. The lowest BCUT2D eigenvalue weighted by Crippen LogP contribution is -2.37. The van der Waals surface area contributed by atoms with Crippen molar-refractivity contribution in [3.63, 3.8) is 0 Å². The van der Waals surface area contributed by atoms with Crippen LogP contribution in [0.5, 0.6) is 0 Å². The van der Waals surface area contributed by atoms with E-state index in [1.54, 1.807) is 12.1 Å². The average molecular weight is 359 g/mol. The van der Waals surface area contributed by atoms with Crippen LogP contribution in [0.2, 0.25) is 0 Å². The minimum atomic E-state index is -0.385. The maximum absolute atomic E-state index is 11.1. The van der Waals surface area contributed by atoms with E-state index in [9.17, 15) is 10.3 Å². The highest BCUT2D eigenvalue weighted by Crippen LogP contribution is 2.37.